The van der Waals surface area contributed by atoms with Gasteiger partial charge < -0.3 is 24.1 Å². The Morgan fingerprint density at radius 1 is 0.920 bits per heavy atom. The zero-order chi connectivity index (χ0) is 19.6. The Morgan fingerprint density at radius 2 is 1.40 bits per heavy atom. The van der Waals surface area contributed by atoms with Crippen LogP contribution in [0, 0.1) is 0 Å². The van der Waals surface area contributed by atoms with Gasteiger partial charge in [-0.2, -0.15) is 0 Å². The molecular weight excluding hydrogens is 408 g/mol. The molecule has 0 saturated heterocycles. The first-order chi connectivity index (χ1) is 11.7. The number of carbonyl (C=O) groups excluding carboxylic acids is 5. The van der Waals surface area contributed by atoms with Crippen LogP contribution in [-0.2, 0) is 42.9 Å². The number of aliphatic hydroxyl groups excluding tert-OH is 1. The van der Waals surface area contributed by atoms with Gasteiger partial charge in [0.25, 0.3) is 0 Å². The summed E-state index contributed by atoms with van der Waals surface area (Å²) in [4.78, 5) is 56.6. The lowest BCUT2D eigenvalue weighted by atomic mass is 10.0. The molecule has 0 aliphatic heterocycles. The summed E-state index contributed by atoms with van der Waals surface area (Å²) in [5.41, 5.74) is 0. The van der Waals surface area contributed by atoms with E-state index in [1.165, 1.54) is 0 Å². The first kappa shape index (κ1) is 23.0. The van der Waals surface area contributed by atoms with Gasteiger partial charge in [0.2, 0.25) is 0 Å². The van der Waals surface area contributed by atoms with Gasteiger partial charge in [0.1, 0.15) is 5.33 Å². The van der Waals surface area contributed by atoms with E-state index in [2.05, 4.69) is 15.9 Å². The number of aldehydes is 1. The largest absolute Gasteiger partial charge is 0.456 e. The molecule has 11 heteroatoms. The van der Waals surface area contributed by atoms with Gasteiger partial charge in [-0.1, -0.05) is 15.9 Å². The average molecular weight is 427 g/mol. The number of carbonyl (C=O) groups is 5. The summed E-state index contributed by atoms with van der Waals surface area (Å²) in [6, 6.07) is 0. The van der Waals surface area contributed by atoms with Crippen LogP contribution in [0.4, 0.5) is 0 Å². The van der Waals surface area contributed by atoms with Crippen LogP contribution in [0.3, 0.4) is 0 Å². The highest BCUT2D eigenvalue weighted by Gasteiger charge is 2.43. The number of esters is 4. The lowest BCUT2D eigenvalue weighted by Gasteiger charge is -2.33. The van der Waals surface area contributed by atoms with Crippen LogP contribution in [0.1, 0.15) is 20.8 Å². The molecule has 0 radical (unpaired) electrons. The second-order valence-corrected chi connectivity index (χ2v) is 5.26. The molecule has 0 aliphatic rings. The Hall–Kier alpha value is -2.01. The van der Waals surface area contributed by atoms with Crippen LogP contribution in [0.25, 0.3) is 0 Å². The van der Waals surface area contributed by atoms with Crippen LogP contribution >= 0.6 is 15.9 Å². The molecule has 142 valence electrons. The fourth-order valence-electron chi connectivity index (χ4n) is 1.84. The van der Waals surface area contributed by atoms with Gasteiger partial charge in [-0.05, 0) is 0 Å². The van der Waals surface area contributed by atoms with E-state index in [-0.39, 0.29) is 11.6 Å². The van der Waals surface area contributed by atoms with Gasteiger partial charge in [-0.3, -0.25) is 24.0 Å². The Bertz CT molecular complexity index is 506. The Balaban J connectivity index is 5.82. The van der Waals surface area contributed by atoms with Crippen LogP contribution in [0.5, 0.6) is 0 Å². The third-order valence-corrected chi connectivity index (χ3v) is 3.08. The van der Waals surface area contributed by atoms with Gasteiger partial charge in [-0.15, -0.1) is 0 Å². The predicted octanol–water partition coefficient (Wildman–Crippen LogP) is -0.721. The summed E-state index contributed by atoms with van der Waals surface area (Å²) in [6.07, 6.45) is -6.20. The molecule has 0 aromatic rings. The monoisotopic (exact) mass is 426 g/mol. The Labute approximate surface area is 151 Å². The molecule has 0 fully saturated rings. The fourth-order valence-corrected chi connectivity index (χ4v) is 1.97. The standard InChI is InChI=1S/C14H19BrO10/c1-7(18)22-10(5-16)13(23-8(2)19)14(24-9(3)20)11(6-17)25-12(21)4-15/h6,10-11,13-14,16H,4-5H2,1-3H3/t10-,11+,13-,14-/m1/s1. The molecule has 0 unspecified atom stereocenters. The molecule has 0 saturated carbocycles. The molecule has 0 heterocycles. The maximum atomic E-state index is 11.4. The fraction of sp³-hybridized carbons (Fsp3) is 0.643. The molecule has 0 amide bonds. The third kappa shape index (κ3) is 8.59. The number of hydrogen-bond acceptors (Lipinski definition) is 10. The number of hydrogen-bond donors (Lipinski definition) is 1. The van der Waals surface area contributed by atoms with Crippen LogP contribution < -0.4 is 0 Å². The van der Waals surface area contributed by atoms with E-state index in [9.17, 15) is 29.1 Å². The summed E-state index contributed by atoms with van der Waals surface area (Å²) < 4.78 is 19.5. The van der Waals surface area contributed by atoms with E-state index in [0.717, 1.165) is 20.8 Å². The number of ether oxygens (including phenoxy) is 4. The quantitative estimate of drug-likeness (QED) is 0.205. The molecule has 25 heavy (non-hydrogen) atoms. The van der Waals surface area contributed by atoms with E-state index in [4.69, 9.17) is 18.9 Å². The maximum Gasteiger partial charge on any atom is 0.317 e. The minimum absolute atomic E-state index is 0.160. The topological polar surface area (TPSA) is 142 Å². The van der Waals surface area contributed by atoms with Crippen LogP contribution in [-0.4, -0.2) is 71.6 Å². The van der Waals surface area contributed by atoms with E-state index >= 15 is 0 Å². The van der Waals surface area contributed by atoms with Gasteiger partial charge in [0.05, 0.1) is 6.61 Å². The molecule has 1 N–H and O–H groups in total. The third-order valence-electron chi connectivity index (χ3n) is 2.63. The van der Waals surface area contributed by atoms with Crippen molar-refractivity contribution in [2.24, 2.45) is 0 Å². The van der Waals surface area contributed by atoms with Gasteiger partial charge in [0.15, 0.2) is 30.7 Å². The second kappa shape index (κ2) is 11.5. The van der Waals surface area contributed by atoms with Crippen molar-refractivity contribution in [2.45, 2.75) is 45.2 Å². The predicted molar refractivity (Wildman–Crippen MR) is 83.5 cm³/mol. The first-order valence-electron chi connectivity index (χ1n) is 6.99. The van der Waals surface area contributed by atoms with E-state index in [1.807, 2.05) is 0 Å². The van der Waals surface area contributed by atoms with Crippen molar-refractivity contribution in [3.05, 3.63) is 0 Å². The molecule has 0 bridgehead atoms. The highest BCUT2D eigenvalue weighted by molar-refractivity contribution is 9.09. The molecular formula is C14H19BrO10. The molecule has 0 spiro atoms. The number of halogens is 1. The maximum absolute atomic E-state index is 11.4. The number of aliphatic hydroxyl groups is 1. The molecule has 0 aromatic carbocycles. The number of alkyl halides is 1. The zero-order valence-electron chi connectivity index (χ0n) is 13.8. The summed E-state index contributed by atoms with van der Waals surface area (Å²) in [5, 5.41) is 9.16. The zero-order valence-corrected chi connectivity index (χ0v) is 15.4. The van der Waals surface area contributed by atoms with Crippen molar-refractivity contribution in [1.82, 2.24) is 0 Å². The smallest absolute Gasteiger partial charge is 0.317 e. The van der Waals surface area contributed by atoms with Crippen molar-refractivity contribution < 1.29 is 48.0 Å². The summed E-state index contributed by atoms with van der Waals surface area (Å²) >= 11 is 2.83. The van der Waals surface area contributed by atoms with Crippen molar-refractivity contribution in [2.75, 3.05) is 11.9 Å². The van der Waals surface area contributed by atoms with Crippen molar-refractivity contribution in [1.29, 1.82) is 0 Å². The van der Waals surface area contributed by atoms with Crippen LogP contribution in [0.15, 0.2) is 0 Å². The molecule has 0 rings (SSSR count). The first-order valence-corrected chi connectivity index (χ1v) is 8.11. The lowest BCUT2D eigenvalue weighted by molar-refractivity contribution is -0.199. The SMILES string of the molecule is CC(=O)O[C@@H]([C@H](OC(C)=O)[C@@H](CO)OC(C)=O)[C@H](C=O)OC(=O)CBr. The minimum Gasteiger partial charge on any atom is -0.456 e. The van der Waals surface area contributed by atoms with Gasteiger partial charge in [-0.25, -0.2) is 0 Å². The van der Waals surface area contributed by atoms with Crippen molar-refractivity contribution in [3.8, 4) is 0 Å². The lowest BCUT2D eigenvalue weighted by Crippen LogP contribution is -2.53. The van der Waals surface area contributed by atoms with Crippen LogP contribution in [0.2, 0.25) is 0 Å². The highest BCUT2D eigenvalue weighted by Crippen LogP contribution is 2.18. The number of rotatable bonds is 10. The van der Waals surface area contributed by atoms with E-state index < -0.39 is 54.9 Å². The summed E-state index contributed by atoms with van der Waals surface area (Å²) in [6.45, 7) is 2.25. The van der Waals surface area contributed by atoms with Gasteiger partial charge >= 0.3 is 23.9 Å². The Kier molecular flexibility index (Phi) is 10.6. The minimum atomic E-state index is -1.66. The second-order valence-electron chi connectivity index (χ2n) is 4.70. The van der Waals surface area contributed by atoms with Gasteiger partial charge in [0, 0.05) is 20.8 Å². The van der Waals surface area contributed by atoms with E-state index in [1.54, 1.807) is 0 Å². The Morgan fingerprint density at radius 3 is 1.76 bits per heavy atom. The molecule has 0 aliphatic carbocycles. The molecule has 10 nitrogen and oxygen atoms in total. The van der Waals surface area contributed by atoms with E-state index in [0.29, 0.717) is 0 Å². The highest BCUT2D eigenvalue weighted by atomic mass is 79.9. The average Bonchev–Trinajstić information content (AvgIpc) is 2.52. The van der Waals surface area contributed by atoms with Crippen molar-refractivity contribution >= 4 is 46.1 Å². The molecule has 0 aromatic heterocycles. The normalized spacial score (nSPS) is 15.1. The van der Waals surface area contributed by atoms with Crippen molar-refractivity contribution in [3.63, 3.8) is 0 Å². The molecule has 4 atom stereocenters. The summed E-state index contributed by atoms with van der Waals surface area (Å²) in [5.74, 6) is -3.44. The summed E-state index contributed by atoms with van der Waals surface area (Å²) in [7, 11) is 0.